The minimum Gasteiger partial charge on any atom is -0.463 e. The van der Waals surface area contributed by atoms with Crippen LogP contribution < -0.4 is 10.9 Å². The second-order valence-corrected chi connectivity index (χ2v) is 9.06. The van der Waals surface area contributed by atoms with Crippen LogP contribution in [0.1, 0.15) is 37.7 Å². The fourth-order valence-electron chi connectivity index (χ4n) is 3.80. The smallest absolute Gasteiger partial charge is 0.270 e. The van der Waals surface area contributed by atoms with Gasteiger partial charge in [-0.1, -0.05) is 35.5 Å². The molecule has 0 aliphatic heterocycles. The molecule has 36 heavy (non-hydrogen) atoms. The molecule has 0 aliphatic carbocycles. The molecule has 180 valence electrons. The minimum atomic E-state index is -0.462. The number of para-hydroxylation sites is 1. The van der Waals surface area contributed by atoms with Gasteiger partial charge in [-0.2, -0.15) is 0 Å². The van der Waals surface area contributed by atoms with Gasteiger partial charge in [0, 0.05) is 21.6 Å². The van der Waals surface area contributed by atoms with Crippen molar-refractivity contribution < 1.29 is 18.5 Å². The van der Waals surface area contributed by atoms with E-state index in [1.54, 1.807) is 36.6 Å². The van der Waals surface area contributed by atoms with E-state index in [4.69, 9.17) is 8.94 Å². The van der Waals surface area contributed by atoms with Gasteiger partial charge >= 0.3 is 0 Å². The largest absolute Gasteiger partial charge is 0.463 e. The van der Waals surface area contributed by atoms with Crippen LogP contribution in [-0.2, 0) is 5.75 Å². The predicted octanol–water partition coefficient (Wildman–Crippen LogP) is 5.47. The molecule has 3 heterocycles. The highest BCUT2D eigenvalue weighted by Crippen LogP contribution is 2.29. The zero-order chi connectivity index (χ0) is 25.1. The molecule has 0 unspecified atom stereocenters. The normalized spacial score (nSPS) is 10.9. The number of pyridine rings is 1. The van der Waals surface area contributed by atoms with Crippen LogP contribution in [0, 0.1) is 13.8 Å². The number of aromatic nitrogens is 2. The maximum absolute atomic E-state index is 13.2. The van der Waals surface area contributed by atoms with Gasteiger partial charge in [-0.25, -0.2) is 4.98 Å². The maximum atomic E-state index is 13.2. The highest BCUT2D eigenvalue weighted by molar-refractivity contribution is 7.98. The third-order valence-corrected chi connectivity index (χ3v) is 6.81. The van der Waals surface area contributed by atoms with Gasteiger partial charge in [-0.3, -0.25) is 20.4 Å². The Morgan fingerprint density at radius 1 is 0.917 bits per heavy atom. The number of carbonyl (C=O) groups excluding carboxylic acids is 2. The number of furan rings is 1. The Bertz CT molecular complexity index is 1540. The summed E-state index contributed by atoms with van der Waals surface area (Å²) in [5.41, 5.74) is 8.90. The van der Waals surface area contributed by atoms with E-state index in [2.05, 4.69) is 21.0 Å². The number of hydrogen-bond acceptors (Lipinski definition) is 7. The van der Waals surface area contributed by atoms with Gasteiger partial charge in [0.15, 0.2) is 5.76 Å². The number of nitrogens with one attached hydrogen (secondary N) is 2. The number of fused-ring (bicyclic) bond motifs is 1. The monoisotopic (exact) mass is 498 g/mol. The first-order chi connectivity index (χ1) is 17.5. The van der Waals surface area contributed by atoms with Crippen LogP contribution in [0.2, 0.25) is 0 Å². The SMILES string of the molecule is Cc1noc(C)c1CSc1ccccc1C(=O)NNC(=O)c1cc(-c2ccco2)nc2ccccc12. The van der Waals surface area contributed by atoms with Crippen LogP contribution in [0.4, 0.5) is 0 Å². The Balaban J connectivity index is 1.34. The number of nitrogens with zero attached hydrogens (tertiary/aromatic N) is 2. The lowest BCUT2D eigenvalue weighted by Crippen LogP contribution is -2.41. The van der Waals surface area contributed by atoms with Crippen LogP contribution in [0.15, 0.2) is 86.8 Å². The summed E-state index contributed by atoms with van der Waals surface area (Å²) in [5.74, 6) is 1.03. The zero-order valence-corrected chi connectivity index (χ0v) is 20.4. The molecule has 0 spiro atoms. The maximum Gasteiger partial charge on any atom is 0.270 e. The summed E-state index contributed by atoms with van der Waals surface area (Å²) in [6.07, 6.45) is 1.55. The van der Waals surface area contributed by atoms with E-state index < -0.39 is 11.8 Å². The topological polar surface area (TPSA) is 110 Å². The van der Waals surface area contributed by atoms with Gasteiger partial charge in [-0.15, -0.1) is 11.8 Å². The molecule has 0 saturated carbocycles. The number of thioether (sulfide) groups is 1. The Kier molecular flexibility index (Phi) is 6.55. The van der Waals surface area contributed by atoms with Crippen LogP contribution >= 0.6 is 11.8 Å². The fraction of sp³-hybridized carbons (Fsp3) is 0.111. The standard InChI is InChI=1S/C27H22N4O4S/c1-16-21(17(2)35-31-16)15-36-25-12-6-4-9-19(25)26(32)29-30-27(33)20-14-23(24-11-7-13-34-24)28-22-10-5-3-8-18(20)22/h3-14H,15H2,1-2H3,(H,29,32)(H,30,33). The van der Waals surface area contributed by atoms with Gasteiger partial charge in [0.1, 0.15) is 11.5 Å². The molecule has 0 radical (unpaired) electrons. The number of carbonyl (C=O) groups is 2. The van der Waals surface area contributed by atoms with Crippen LogP contribution in [0.25, 0.3) is 22.4 Å². The molecule has 9 heteroatoms. The Hall–Kier alpha value is -4.37. The van der Waals surface area contributed by atoms with Crippen molar-refractivity contribution in [3.8, 4) is 11.5 Å². The van der Waals surface area contributed by atoms with Crippen molar-refractivity contribution in [1.82, 2.24) is 21.0 Å². The molecule has 0 fully saturated rings. The molecule has 5 rings (SSSR count). The number of rotatable bonds is 6. The van der Waals surface area contributed by atoms with Crippen LogP contribution in [0.5, 0.6) is 0 Å². The first-order valence-electron chi connectivity index (χ1n) is 11.2. The number of benzene rings is 2. The fourth-order valence-corrected chi connectivity index (χ4v) is 5.00. The molecule has 2 aromatic carbocycles. The van der Waals surface area contributed by atoms with E-state index in [1.807, 2.05) is 50.2 Å². The Labute approximate surface area is 211 Å². The van der Waals surface area contributed by atoms with Crippen LogP contribution in [-0.4, -0.2) is 22.0 Å². The first kappa shape index (κ1) is 23.4. The third-order valence-electron chi connectivity index (χ3n) is 5.71. The molecule has 2 N–H and O–H groups in total. The van der Waals surface area contributed by atoms with Gasteiger partial charge in [0.25, 0.3) is 11.8 Å². The molecule has 2 amide bonds. The molecule has 8 nitrogen and oxygen atoms in total. The lowest BCUT2D eigenvalue weighted by molar-refractivity contribution is 0.0846. The molecular weight excluding hydrogens is 476 g/mol. The summed E-state index contributed by atoms with van der Waals surface area (Å²) in [6, 6.07) is 19.7. The van der Waals surface area contributed by atoms with Gasteiger partial charge in [-0.05, 0) is 50.2 Å². The lowest BCUT2D eigenvalue weighted by Gasteiger charge is -2.12. The van der Waals surface area contributed by atoms with E-state index >= 15 is 0 Å². The van der Waals surface area contributed by atoms with E-state index in [-0.39, 0.29) is 0 Å². The second kappa shape index (κ2) is 10.1. The highest BCUT2D eigenvalue weighted by atomic mass is 32.2. The molecule has 3 aromatic heterocycles. The van der Waals surface area contributed by atoms with Crippen LogP contribution in [0.3, 0.4) is 0 Å². The van der Waals surface area contributed by atoms with Crippen molar-refractivity contribution in [2.45, 2.75) is 24.5 Å². The van der Waals surface area contributed by atoms with E-state index in [1.165, 1.54) is 11.8 Å². The predicted molar refractivity (Wildman–Crippen MR) is 136 cm³/mol. The highest BCUT2D eigenvalue weighted by Gasteiger charge is 2.18. The number of hydrazine groups is 1. The summed E-state index contributed by atoms with van der Waals surface area (Å²) in [4.78, 5) is 31.5. The lowest BCUT2D eigenvalue weighted by atomic mass is 10.1. The summed E-state index contributed by atoms with van der Waals surface area (Å²) in [7, 11) is 0. The van der Waals surface area contributed by atoms with Crippen molar-refractivity contribution in [1.29, 1.82) is 0 Å². The van der Waals surface area contributed by atoms with E-state index in [9.17, 15) is 9.59 Å². The summed E-state index contributed by atoms with van der Waals surface area (Å²) >= 11 is 1.50. The second-order valence-electron chi connectivity index (χ2n) is 8.05. The number of aryl methyl sites for hydroxylation is 2. The van der Waals surface area contributed by atoms with Gasteiger partial charge in [0.05, 0.1) is 28.6 Å². The van der Waals surface area contributed by atoms with Crippen molar-refractivity contribution in [3.05, 3.63) is 101 Å². The Morgan fingerprint density at radius 2 is 1.67 bits per heavy atom. The number of amides is 2. The molecule has 0 bridgehead atoms. The summed E-state index contributed by atoms with van der Waals surface area (Å²) in [5, 5.41) is 4.64. The average Bonchev–Trinajstić information content (AvgIpc) is 3.55. The van der Waals surface area contributed by atoms with Crippen molar-refractivity contribution >= 4 is 34.5 Å². The van der Waals surface area contributed by atoms with Crippen molar-refractivity contribution in [2.24, 2.45) is 0 Å². The first-order valence-corrected chi connectivity index (χ1v) is 12.2. The van der Waals surface area contributed by atoms with Crippen molar-refractivity contribution in [2.75, 3.05) is 0 Å². The van der Waals surface area contributed by atoms with E-state index in [0.29, 0.717) is 39.2 Å². The number of hydrogen-bond donors (Lipinski definition) is 2. The molecule has 0 atom stereocenters. The van der Waals surface area contributed by atoms with Crippen molar-refractivity contribution in [3.63, 3.8) is 0 Å². The average molecular weight is 499 g/mol. The Morgan fingerprint density at radius 3 is 2.42 bits per heavy atom. The van der Waals surface area contributed by atoms with Gasteiger partial charge in [0.2, 0.25) is 0 Å². The molecular formula is C27H22N4O4S. The third kappa shape index (κ3) is 4.73. The molecule has 5 aromatic rings. The minimum absolute atomic E-state index is 0.369. The molecule has 0 saturated heterocycles. The quantitative estimate of drug-likeness (QED) is 0.236. The van der Waals surface area contributed by atoms with E-state index in [0.717, 1.165) is 21.9 Å². The summed E-state index contributed by atoms with van der Waals surface area (Å²) in [6.45, 7) is 3.75. The molecule has 0 aliphatic rings. The summed E-state index contributed by atoms with van der Waals surface area (Å²) < 4.78 is 10.7. The van der Waals surface area contributed by atoms with Gasteiger partial charge < -0.3 is 8.94 Å². The zero-order valence-electron chi connectivity index (χ0n) is 19.6.